The molecule has 0 aliphatic carbocycles. The van der Waals surface area contributed by atoms with Crippen molar-refractivity contribution in [1.82, 2.24) is 0 Å². The Bertz CT molecular complexity index is 23.4. The quantitative estimate of drug-likeness (QED) is 0.392. The summed E-state index contributed by atoms with van der Waals surface area (Å²) < 4.78 is 0. The highest BCUT2D eigenvalue weighted by Gasteiger charge is 1.72. The number of unbranched alkanes of at least 4 members (excludes halogenated alkanes) is 2. The van der Waals surface area contributed by atoms with Crippen LogP contribution >= 0.6 is 8.58 Å². The maximum atomic E-state index is 2.24. The number of hydrogen-bond acceptors (Lipinski definition) is 0. The van der Waals surface area contributed by atoms with Crippen LogP contribution in [0.2, 0.25) is 0 Å². The molecule has 0 unspecified atom stereocenters. The Hall–Kier alpha value is 0.430. The van der Waals surface area contributed by atoms with Gasteiger partial charge in [-0.05, 0) is 0 Å². The lowest BCUT2D eigenvalue weighted by molar-refractivity contribution is 0.777. The first-order valence-corrected chi connectivity index (χ1v) is 4.50. The molecule has 0 aromatic heterocycles. The molecule has 0 rings (SSSR count). The SMILES string of the molecule is CCCCC[P-]C. The van der Waals surface area contributed by atoms with Crippen molar-refractivity contribution in [2.75, 3.05) is 12.8 Å². The molecule has 0 aliphatic rings. The van der Waals surface area contributed by atoms with Crippen LogP contribution in [0.3, 0.4) is 0 Å². The minimum atomic E-state index is 1.36. The molecule has 0 saturated heterocycles. The summed E-state index contributed by atoms with van der Waals surface area (Å²) in [5.41, 5.74) is 0. The van der Waals surface area contributed by atoms with Crippen molar-refractivity contribution in [1.29, 1.82) is 0 Å². The fraction of sp³-hybridized carbons (Fsp3) is 1.00. The van der Waals surface area contributed by atoms with Crippen molar-refractivity contribution >= 4 is 8.58 Å². The van der Waals surface area contributed by atoms with Crippen LogP contribution in [0.5, 0.6) is 0 Å². The zero-order valence-electron chi connectivity index (χ0n) is 5.28. The van der Waals surface area contributed by atoms with E-state index in [4.69, 9.17) is 0 Å². The van der Waals surface area contributed by atoms with Crippen LogP contribution in [0, 0.1) is 0 Å². The third-order valence-electron chi connectivity index (χ3n) is 0.985. The monoisotopic (exact) mass is 117 g/mol. The summed E-state index contributed by atoms with van der Waals surface area (Å²) in [5.74, 6) is 0. The Balaban J connectivity index is 2.45. The van der Waals surface area contributed by atoms with E-state index in [0.717, 1.165) is 0 Å². The van der Waals surface area contributed by atoms with E-state index in [1.54, 1.807) is 8.58 Å². The highest BCUT2D eigenvalue weighted by molar-refractivity contribution is 7.36. The summed E-state index contributed by atoms with van der Waals surface area (Å²) in [5, 5.41) is 0. The molecule has 0 aromatic carbocycles. The van der Waals surface area contributed by atoms with Gasteiger partial charge in [-0.1, -0.05) is 26.2 Å². The Morgan fingerprint density at radius 3 is 2.43 bits per heavy atom. The highest BCUT2D eigenvalue weighted by atomic mass is 31.1. The Kier molecular flexibility index (Phi) is 6.82. The Morgan fingerprint density at radius 1 is 1.29 bits per heavy atom. The topological polar surface area (TPSA) is 0 Å². The van der Waals surface area contributed by atoms with Gasteiger partial charge in [-0.15, -0.1) is 0 Å². The van der Waals surface area contributed by atoms with E-state index in [9.17, 15) is 0 Å². The molecule has 0 heterocycles. The molecule has 0 spiro atoms. The van der Waals surface area contributed by atoms with Crippen molar-refractivity contribution in [3.63, 3.8) is 0 Å². The molecule has 0 aliphatic heterocycles. The third kappa shape index (κ3) is 6.43. The van der Waals surface area contributed by atoms with Gasteiger partial charge < -0.3 is 8.58 Å². The molecule has 1 heteroatoms. The van der Waals surface area contributed by atoms with Crippen molar-refractivity contribution < 1.29 is 0 Å². The largest absolute Gasteiger partial charge is 0.543 e. The van der Waals surface area contributed by atoms with Crippen molar-refractivity contribution in [3.05, 3.63) is 0 Å². The summed E-state index contributed by atoms with van der Waals surface area (Å²) in [6.45, 7) is 4.46. The molecule has 7 heavy (non-hydrogen) atoms. The summed E-state index contributed by atoms with van der Waals surface area (Å²) in [6.07, 6.45) is 5.60. The average molecular weight is 117 g/mol. The second-order valence-corrected chi connectivity index (χ2v) is 2.83. The molecule has 0 saturated carbocycles. The maximum Gasteiger partial charge on any atom is -0.0558 e. The minimum Gasteiger partial charge on any atom is -0.543 e. The predicted molar refractivity (Wildman–Crippen MR) is 37.2 cm³/mol. The summed E-state index contributed by atoms with van der Waals surface area (Å²) in [6, 6.07) is 0. The molecule has 0 amide bonds. The van der Waals surface area contributed by atoms with Crippen molar-refractivity contribution in [3.8, 4) is 0 Å². The Morgan fingerprint density at radius 2 is 2.00 bits per heavy atom. The third-order valence-corrected chi connectivity index (χ3v) is 1.75. The van der Waals surface area contributed by atoms with Gasteiger partial charge in [0.1, 0.15) is 0 Å². The van der Waals surface area contributed by atoms with E-state index in [1.807, 2.05) is 0 Å². The average Bonchev–Trinajstić information content (AvgIpc) is 1.69. The van der Waals surface area contributed by atoms with Crippen LogP contribution in [-0.4, -0.2) is 12.8 Å². The van der Waals surface area contributed by atoms with Gasteiger partial charge in [-0.3, -0.25) is 0 Å². The number of hydrogen-bond donors (Lipinski definition) is 0. The summed E-state index contributed by atoms with van der Waals surface area (Å²) in [4.78, 5) is 0. The smallest absolute Gasteiger partial charge is 0.0558 e. The lowest BCUT2D eigenvalue weighted by Gasteiger charge is -2.05. The Labute approximate surface area is 48.5 Å². The van der Waals surface area contributed by atoms with Crippen LogP contribution in [0.4, 0.5) is 0 Å². The lowest BCUT2D eigenvalue weighted by atomic mass is 10.3. The lowest BCUT2D eigenvalue weighted by Crippen LogP contribution is -1.73. The van der Waals surface area contributed by atoms with Gasteiger partial charge in [0.05, 0.1) is 0 Å². The van der Waals surface area contributed by atoms with Gasteiger partial charge in [0.2, 0.25) is 0 Å². The first kappa shape index (κ1) is 7.43. The zero-order valence-corrected chi connectivity index (χ0v) is 6.17. The van der Waals surface area contributed by atoms with Crippen LogP contribution in [-0.2, 0) is 0 Å². The first-order valence-electron chi connectivity index (χ1n) is 2.97. The van der Waals surface area contributed by atoms with Gasteiger partial charge in [-0.25, -0.2) is 0 Å². The highest BCUT2D eigenvalue weighted by Crippen LogP contribution is 2.06. The number of rotatable bonds is 4. The zero-order chi connectivity index (χ0) is 5.54. The standard InChI is InChI=1S/C6H14P/c1-3-4-5-6-7-2/h3-6H2,1-2H3/q-1. The summed E-state index contributed by atoms with van der Waals surface area (Å²) >= 11 is 0. The van der Waals surface area contributed by atoms with E-state index < -0.39 is 0 Å². The second kappa shape index (κ2) is 6.43. The minimum absolute atomic E-state index is 1.36. The van der Waals surface area contributed by atoms with Crippen molar-refractivity contribution in [2.24, 2.45) is 0 Å². The fourth-order valence-corrected chi connectivity index (χ4v) is 1.06. The van der Waals surface area contributed by atoms with E-state index in [1.165, 1.54) is 25.4 Å². The van der Waals surface area contributed by atoms with Gasteiger partial charge >= 0.3 is 0 Å². The van der Waals surface area contributed by atoms with Crippen molar-refractivity contribution in [2.45, 2.75) is 26.2 Å². The fourth-order valence-electron chi connectivity index (χ4n) is 0.520. The molecule has 0 radical (unpaired) electrons. The maximum absolute atomic E-state index is 2.24. The van der Waals surface area contributed by atoms with Crippen LogP contribution in [0.1, 0.15) is 26.2 Å². The summed E-state index contributed by atoms with van der Waals surface area (Å²) in [7, 11) is 1.55. The van der Waals surface area contributed by atoms with E-state index in [2.05, 4.69) is 13.6 Å². The van der Waals surface area contributed by atoms with Crippen LogP contribution in [0.15, 0.2) is 0 Å². The molecule has 0 fully saturated rings. The van der Waals surface area contributed by atoms with Crippen LogP contribution in [0.25, 0.3) is 0 Å². The van der Waals surface area contributed by atoms with E-state index >= 15 is 0 Å². The molecule has 0 nitrogen and oxygen atoms in total. The molecule has 0 aromatic rings. The van der Waals surface area contributed by atoms with Crippen LogP contribution < -0.4 is 0 Å². The molecular weight excluding hydrogens is 103 g/mol. The normalized spacial score (nSPS) is 11.1. The van der Waals surface area contributed by atoms with Gasteiger partial charge in [0.25, 0.3) is 0 Å². The van der Waals surface area contributed by atoms with Gasteiger partial charge in [0.15, 0.2) is 0 Å². The predicted octanol–water partition coefficient (Wildman–Crippen LogP) is 2.75. The van der Waals surface area contributed by atoms with E-state index in [-0.39, 0.29) is 0 Å². The van der Waals surface area contributed by atoms with Gasteiger partial charge in [0, 0.05) is 0 Å². The molecule has 0 bridgehead atoms. The molecule has 0 N–H and O–H groups in total. The molecule has 44 valence electrons. The molecular formula is C6H14P-. The van der Waals surface area contributed by atoms with E-state index in [0.29, 0.717) is 0 Å². The van der Waals surface area contributed by atoms with Gasteiger partial charge in [-0.2, -0.15) is 12.8 Å². The first-order chi connectivity index (χ1) is 3.41. The second-order valence-electron chi connectivity index (χ2n) is 1.75. The molecule has 0 atom stereocenters.